The number of pyridine rings is 2. The molecule has 4 nitrogen and oxygen atoms in total. The summed E-state index contributed by atoms with van der Waals surface area (Å²) in [5.74, 6) is 0.935. The minimum absolute atomic E-state index is 0.529. The highest BCUT2D eigenvalue weighted by Gasteiger charge is 2.18. The van der Waals surface area contributed by atoms with Gasteiger partial charge in [0.1, 0.15) is 16.1 Å². The third-order valence-electron chi connectivity index (χ3n) is 3.38. The van der Waals surface area contributed by atoms with Gasteiger partial charge in [0.2, 0.25) is 0 Å². The summed E-state index contributed by atoms with van der Waals surface area (Å²) in [5.41, 5.74) is 1.11. The maximum absolute atomic E-state index is 5.94. The third kappa shape index (κ3) is 2.97. The number of rotatable bonds is 2. The molecule has 0 atom stereocenters. The Balaban J connectivity index is 1.68. The molecule has 6 heteroatoms. The van der Waals surface area contributed by atoms with Crippen molar-refractivity contribution >= 4 is 34.7 Å². The Bertz CT molecular complexity index is 544. The lowest BCUT2D eigenvalue weighted by molar-refractivity contribution is 0.647. The van der Waals surface area contributed by atoms with Crippen LogP contribution in [0.4, 0.5) is 11.5 Å². The fourth-order valence-corrected chi connectivity index (χ4v) is 2.68. The molecular formula is C14H14Cl2N4. The predicted octanol–water partition coefficient (Wildman–Crippen LogP) is 3.11. The predicted molar refractivity (Wildman–Crippen MR) is 82.9 cm³/mol. The van der Waals surface area contributed by atoms with Gasteiger partial charge in [0.05, 0.1) is 0 Å². The Labute approximate surface area is 128 Å². The molecule has 1 aliphatic rings. The van der Waals surface area contributed by atoms with Crippen LogP contribution in [0.1, 0.15) is 0 Å². The van der Waals surface area contributed by atoms with Crippen molar-refractivity contribution in [3.05, 3.63) is 46.8 Å². The van der Waals surface area contributed by atoms with Crippen molar-refractivity contribution in [3.63, 3.8) is 0 Å². The van der Waals surface area contributed by atoms with Crippen molar-refractivity contribution in [3.8, 4) is 0 Å². The molecule has 0 amide bonds. The minimum atomic E-state index is 0.529. The van der Waals surface area contributed by atoms with Crippen molar-refractivity contribution in [1.82, 2.24) is 9.97 Å². The van der Waals surface area contributed by atoms with E-state index in [4.69, 9.17) is 23.2 Å². The molecule has 1 saturated heterocycles. The molecule has 3 heterocycles. The van der Waals surface area contributed by atoms with Gasteiger partial charge in [0.25, 0.3) is 0 Å². The fraction of sp³-hybridized carbons (Fsp3) is 0.286. The Kier molecular flexibility index (Phi) is 3.94. The summed E-state index contributed by atoms with van der Waals surface area (Å²) < 4.78 is 0. The summed E-state index contributed by atoms with van der Waals surface area (Å²) in [6.07, 6.45) is 1.74. The molecule has 1 aliphatic heterocycles. The monoisotopic (exact) mass is 308 g/mol. The van der Waals surface area contributed by atoms with E-state index in [1.54, 1.807) is 12.3 Å². The van der Waals surface area contributed by atoms with E-state index in [1.807, 2.05) is 24.3 Å². The summed E-state index contributed by atoms with van der Waals surface area (Å²) in [7, 11) is 0. The van der Waals surface area contributed by atoms with Crippen LogP contribution >= 0.6 is 23.2 Å². The van der Waals surface area contributed by atoms with E-state index in [2.05, 4.69) is 19.8 Å². The van der Waals surface area contributed by atoms with Crippen molar-refractivity contribution in [1.29, 1.82) is 0 Å². The lowest BCUT2D eigenvalue weighted by atomic mass is 10.2. The van der Waals surface area contributed by atoms with Crippen LogP contribution in [0.2, 0.25) is 10.3 Å². The van der Waals surface area contributed by atoms with Gasteiger partial charge in [-0.25, -0.2) is 9.97 Å². The second kappa shape index (κ2) is 5.85. The van der Waals surface area contributed by atoms with Gasteiger partial charge in [-0.15, -0.1) is 0 Å². The first-order valence-electron chi connectivity index (χ1n) is 6.46. The Morgan fingerprint density at radius 3 is 2.35 bits per heavy atom. The van der Waals surface area contributed by atoms with Gasteiger partial charge < -0.3 is 9.80 Å². The summed E-state index contributed by atoms with van der Waals surface area (Å²) in [5, 5.41) is 1.06. The van der Waals surface area contributed by atoms with Crippen LogP contribution < -0.4 is 9.80 Å². The number of hydrogen-bond donors (Lipinski definition) is 0. The standard InChI is InChI=1S/C14H14Cl2N4/c15-12-2-1-3-14(18-12)20-8-6-19(7-9-20)11-4-5-17-13(16)10-11/h1-5,10H,6-9H2. The van der Waals surface area contributed by atoms with Crippen molar-refractivity contribution < 1.29 is 0 Å². The molecule has 0 radical (unpaired) electrons. The zero-order valence-corrected chi connectivity index (χ0v) is 12.3. The number of halogens is 2. The largest absolute Gasteiger partial charge is 0.368 e. The number of piperazine rings is 1. The third-order valence-corrected chi connectivity index (χ3v) is 3.80. The normalized spacial score (nSPS) is 15.5. The van der Waals surface area contributed by atoms with E-state index in [1.165, 1.54) is 0 Å². The number of hydrogen-bond acceptors (Lipinski definition) is 4. The molecule has 0 bridgehead atoms. The summed E-state index contributed by atoms with van der Waals surface area (Å²) >= 11 is 11.9. The molecule has 1 fully saturated rings. The van der Waals surface area contributed by atoms with E-state index < -0.39 is 0 Å². The molecule has 3 rings (SSSR count). The highest BCUT2D eigenvalue weighted by molar-refractivity contribution is 6.29. The Hall–Kier alpha value is -1.52. The summed E-state index contributed by atoms with van der Waals surface area (Å²) in [4.78, 5) is 12.9. The lowest BCUT2D eigenvalue weighted by Gasteiger charge is -2.36. The van der Waals surface area contributed by atoms with Gasteiger partial charge in [-0.05, 0) is 24.3 Å². The fourth-order valence-electron chi connectivity index (χ4n) is 2.36. The van der Waals surface area contributed by atoms with Crippen LogP contribution in [0.15, 0.2) is 36.5 Å². The molecule has 0 saturated carbocycles. The van der Waals surface area contributed by atoms with Gasteiger partial charge in [0.15, 0.2) is 0 Å². The van der Waals surface area contributed by atoms with Gasteiger partial charge >= 0.3 is 0 Å². The molecule has 20 heavy (non-hydrogen) atoms. The van der Waals surface area contributed by atoms with E-state index in [0.29, 0.717) is 10.3 Å². The van der Waals surface area contributed by atoms with E-state index in [0.717, 1.165) is 37.7 Å². The maximum atomic E-state index is 5.94. The first kappa shape index (κ1) is 13.5. The van der Waals surface area contributed by atoms with Crippen molar-refractivity contribution in [2.45, 2.75) is 0 Å². The zero-order chi connectivity index (χ0) is 13.9. The number of nitrogens with zero attached hydrogens (tertiary/aromatic N) is 4. The van der Waals surface area contributed by atoms with Crippen LogP contribution in [-0.4, -0.2) is 36.1 Å². The molecule has 0 aromatic carbocycles. The number of aromatic nitrogens is 2. The van der Waals surface area contributed by atoms with Crippen LogP contribution in [0.5, 0.6) is 0 Å². The summed E-state index contributed by atoms with van der Waals surface area (Å²) in [6, 6.07) is 9.60. The van der Waals surface area contributed by atoms with Gasteiger partial charge in [-0.3, -0.25) is 0 Å². The average Bonchev–Trinajstić information content (AvgIpc) is 2.47. The van der Waals surface area contributed by atoms with Gasteiger partial charge in [-0.2, -0.15) is 0 Å². The second-order valence-corrected chi connectivity index (χ2v) is 5.40. The van der Waals surface area contributed by atoms with Crippen LogP contribution in [-0.2, 0) is 0 Å². The zero-order valence-electron chi connectivity index (χ0n) is 10.8. The quantitative estimate of drug-likeness (QED) is 0.798. The molecule has 0 N–H and O–H groups in total. The van der Waals surface area contributed by atoms with Crippen LogP contribution in [0, 0.1) is 0 Å². The Morgan fingerprint density at radius 2 is 1.65 bits per heavy atom. The minimum Gasteiger partial charge on any atom is -0.368 e. The second-order valence-electron chi connectivity index (χ2n) is 4.63. The van der Waals surface area contributed by atoms with Crippen molar-refractivity contribution in [2.24, 2.45) is 0 Å². The Morgan fingerprint density at radius 1 is 0.900 bits per heavy atom. The molecule has 2 aromatic rings. The van der Waals surface area contributed by atoms with Gasteiger partial charge in [-0.1, -0.05) is 29.3 Å². The van der Waals surface area contributed by atoms with Crippen LogP contribution in [0.3, 0.4) is 0 Å². The van der Waals surface area contributed by atoms with E-state index in [-0.39, 0.29) is 0 Å². The molecule has 0 spiro atoms. The average molecular weight is 309 g/mol. The van der Waals surface area contributed by atoms with Gasteiger partial charge in [0, 0.05) is 38.1 Å². The molecule has 0 unspecified atom stereocenters. The molecule has 0 aliphatic carbocycles. The maximum Gasteiger partial charge on any atom is 0.131 e. The van der Waals surface area contributed by atoms with Crippen molar-refractivity contribution in [2.75, 3.05) is 36.0 Å². The molecule has 2 aromatic heterocycles. The van der Waals surface area contributed by atoms with E-state index >= 15 is 0 Å². The molecule has 104 valence electrons. The first-order valence-corrected chi connectivity index (χ1v) is 7.22. The topological polar surface area (TPSA) is 32.3 Å². The smallest absolute Gasteiger partial charge is 0.131 e. The summed E-state index contributed by atoms with van der Waals surface area (Å²) in [6.45, 7) is 3.67. The lowest BCUT2D eigenvalue weighted by Crippen LogP contribution is -2.46. The van der Waals surface area contributed by atoms with E-state index in [9.17, 15) is 0 Å². The highest BCUT2D eigenvalue weighted by atomic mass is 35.5. The number of anilines is 2. The molecular weight excluding hydrogens is 295 g/mol. The SMILES string of the molecule is Clc1cc(N2CCN(c3cccc(Cl)n3)CC2)ccn1. The highest BCUT2D eigenvalue weighted by Crippen LogP contribution is 2.21. The first-order chi connectivity index (χ1) is 9.72. The van der Waals surface area contributed by atoms with Crippen LogP contribution in [0.25, 0.3) is 0 Å².